The summed E-state index contributed by atoms with van der Waals surface area (Å²) in [6.45, 7) is 3.30. The van der Waals surface area contributed by atoms with E-state index in [2.05, 4.69) is 10.5 Å². The minimum absolute atomic E-state index is 0.0163. The molecule has 0 fully saturated rings. The molecular formula is C31H31N3O8S. The second-order valence-electron chi connectivity index (χ2n) is 9.16. The Labute approximate surface area is 249 Å². The highest BCUT2D eigenvalue weighted by molar-refractivity contribution is 7.92. The number of hydrogen-bond donors (Lipinski definition) is 1. The molecule has 0 bridgehead atoms. The summed E-state index contributed by atoms with van der Waals surface area (Å²) in [4.78, 5) is 24.8. The number of hydrazone groups is 1. The quantitative estimate of drug-likeness (QED) is 0.138. The van der Waals surface area contributed by atoms with Crippen molar-refractivity contribution < 1.29 is 36.6 Å². The molecule has 0 saturated carbocycles. The van der Waals surface area contributed by atoms with Crippen LogP contribution < -0.4 is 19.2 Å². The summed E-state index contributed by atoms with van der Waals surface area (Å²) in [7, 11) is -1.25. The third-order valence-electron chi connectivity index (χ3n) is 6.24. The Morgan fingerprint density at radius 2 is 1.63 bits per heavy atom. The first-order valence-corrected chi connectivity index (χ1v) is 14.6. The highest BCUT2D eigenvalue weighted by Gasteiger charge is 2.28. The van der Waals surface area contributed by atoms with Crippen LogP contribution in [0.1, 0.15) is 28.6 Å². The van der Waals surface area contributed by atoms with Crippen LogP contribution in [0.5, 0.6) is 11.5 Å². The van der Waals surface area contributed by atoms with Crippen LogP contribution in [0.2, 0.25) is 0 Å². The van der Waals surface area contributed by atoms with Crippen LogP contribution in [0.25, 0.3) is 11.3 Å². The Kier molecular flexibility index (Phi) is 9.83. The zero-order valence-corrected chi connectivity index (χ0v) is 24.9. The average molecular weight is 606 g/mol. The number of amides is 1. The van der Waals surface area contributed by atoms with Gasteiger partial charge in [0.15, 0.2) is 11.5 Å². The molecule has 4 aromatic rings. The van der Waals surface area contributed by atoms with Crippen molar-refractivity contribution in [1.82, 2.24) is 5.43 Å². The van der Waals surface area contributed by atoms with Gasteiger partial charge in [-0.1, -0.05) is 29.8 Å². The van der Waals surface area contributed by atoms with E-state index in [9.17, 15) is 18.0 Å². The summed E-state index contributed by atoms with van der Waals surface area (Å²) in [6.07, 6.45) is 1.30. The molecule has 3 aromatic carbocycles. The maximum absolute atomic E-state index is 13.7. The third-order valence-corrected chi connectivity index (χ3v) is 8.03. The number of methoxy groups -OCH3 is 2. The fourth-order valence-corrected chi connectivity index (χ4v) is 5.44. The van der Waals surface area contributed by atoms with E-state index in [4.69, 9.17) is 18.6 Å². The van der Waals surface area contributed by atoms with E-state index >= 15 is 0 Å². The first kappa shape index (κ1) is 30.8. The van der Waals surface area contributed by atoms with Gasteiger partial charge in [-0.2, -0.15) is 5.10 Å². The van der Waals surface area contributed by atoms with Crippen LogP contribution >= 0.6 is 0 Å². The molecule has 0 aliphatic heterocycles. The van der Waals surface area contributed by atoms with Gasteiger partial charge in [0.1, 0.15) is 18.1 Å². The first-order chi connectivity index (χ1) is 20.7. The zero-order chi connectivity index (χ0) is 31.0. The average Bonchev–Trinajstić information content (AvgIpc) is 3.49. The number of rotatable bonds is 12. The SMILES string of the molecule is CCOC(=O)c1ccc(-c2ccc(/C=N\NC(=O)CN(c3ccc(OC)c(OC)c3)S(=O)(=O)c3ccc(C)cc3)o2)cc1. The Hall–Kier alpha value is -5.10. The predicted octanol–water partition coefficient (Wildman–Crippen LogP) is 4.79. The van der Waals surface area contributed by atoms with Crippen molar-refractivity contribution in [3.8, 4) is 22.8 Å². The van der Waals surface area contributed by atoms with Crippen molar-refractivity contribution in [3.05, 3.63) is 95.7 Å². The number of hydrogen-bond acceptors (Lipinski definition) is 9. The molecule has 0 saturated heterocycles. The fraction of sp³-hybridized carbons (Fsp3) is 0.194. The zero-order valence-electron chi connectivity index (χ0n) is 24.1. The molecule has 0 atom stereocenters. The second kappa shape index (κ2) is 13.7. The Morgan fingerprint density at radius 1 is 0.930 bits per heavy atom. The minimum atomic E-state index is -4.15. The molecule has 0 spiro atoms. The topological polar surface area (TPSA) is 137 Å². The number of carbonyl (C=O) groups is 2. The van der Waals surface area contributed by atoms with Crippen molar-refractivity contribution in [2.45, 2.75) is 18.7 Å². The number of ether oxygens (including phenoxy) is 3. The lowest BCUT2D eigenvalue weighted by Gasteiger charge is -2.24. The van der Waals surface area contributed by atoms with Gasteiger partial charge in [-0.3, -0.25) is 9.10 Å². The van der Waals surface area contributed by atoms with Crippen LogP contribution in [0, 0.1) is 6.92 Å². The van der Waals surface area contributed by atoms with E-state index in [0.717, 1.165) is 15.4 Å². The molecule has 224 valence electrons. The Bertz CT molecular complexity index is 1710. The molecule has 1 N–H and O–H groups in total. The molecule has 0 unspecified atom stereocenters. The smallest absolute Gasteiger partial charge is 0.338 e. The molecule has 11 nitrogen and oxygen atoms in total. The summed E-state index contributed by atoms with van der Waals surface area (Å²) in [5.41, 5.74) is 4.59. The van der Waals surface area contributed by atoms with Crippen LogP contribution in [0.3, 0.4) is 0 Å². The maximum atomic E-state index is 13.7. The number of esters is 1. The molecule has 0 aliphatic rings. The van der Waals surface area contributed by atoms with Crippen LogP contribution in [0.4, 0.5) is 5.69 Å². The van der Waals surface area contributed by atoms with Gasteiger partial charge < -0.3 is 18.6 Å². The summed E-state index contributed by atoms with van der Waals surface area (Å²) in [5.74, 6) is 0.463. The minimum Gasteiger partial charge on any atom is -0.493 e. The molecular weight excluding hydrogens is 574 g/mol. The molecule has 1 aromatic heterocycles. The highest BCUT2D eigenvalue weighted by Crippen LogP contribution is 2.33. The lowest BCUT2D eigenvalue weighted by molar-refractivity contribution is -0.119. The van der Waals surface area contributed by atoms with Gasteiger partial charge in [0.05, 0.1) is 43.2 Å². The number of nitrogens with one attached hydrogen (secondary N) is 1. The van der Waals surface area contributed by atoms with Gasteiger partial charge >= 0.3 is 5.97 Å². The van der Waals surface area contributed by atoms with Crippen molar-refractivity contribution in [3.63, 3.8) is 0 Å². The largest absolute Gasteiger partial charge is 0.493 e. The fourth-order valence-electron chi connectivity index (χ4n) is 4.03. The molecule has 4 rings (SSSR count). The number of anilines is 1. The molecule has 43 heavy (non-hydrogen) atoms. The van der Waals surface area contributed by atoms with E-state index in [-0.39, 0.29) is 17.2 Å². The van der Waals surface area contributed by atoms with Gasteiger partial charge in [-0.05, 0) is 62.4 Å². The first-order valence-electron chi connectivity index (χ1n) is 13.2. The Morgan fingerprint density at radius 3 is 2.28 bits per heavy atom. The van der Waals surface area contributed by atoms with Gasteiger partial charge in [0.2, 0.25) is 0 Å². The van der Waals surface area contributed by atoms with Crippen molar-refractivity contribution in [2.75, 3.05) is 31.7 Å². The monoisotopic (exact) mass is 605 g/mol. The summed E-state index contributed by atoms with van der Waals surface area (Å²) in [6, 6.07) is 21.0. The van der Waals surface area contributed by atoms with E-state index in [1.54, 1.807) is 61.5 Å². The van der Waals surface area contributed by atoms with E-state index in [0.29, 0.717) is 28.6 Å². The summed E-state index contributed by atoms with van der Waals surface area (Å²) in [5, 5.41) is 3.93. The lowest BCUT2D eigenvalue weighted by atomic mass is 10.1. The number of benzene rings is 3. The van der Waals surface area contributed by atoms with Gasteiger partial charge in [0.25, 0.3) is 15.9 Å². The second-order valence-corrected chi connectivity index (χ2v) is 11.0. The lowest BCUT2D eigenvalue weighted by Crippen LogP contribution is -2.39. The van der Waals surface area contributed by atoms with Crippen LogP contribution in [-0.2, 0) is 19.6 Å². The van der Waals surface area contributed by atoms with Crippen LogP contribution in [0.15, 0.2) is 93.3 Å². The molecule has 0 radical (unpaired) electrons. The summed E-state index contributed by atoms with van der Waals surface area (Å²) < 4.78 is 49.6. The molecule has 1 amide bonds. The number of carbonyl (C=O) groups excluding carboxylic acids is 2. The van der Waals surface area contributed by atoms with Crippen LogP contribution in [-0.4, -0.2) is 53.9 Å². The Balaban J connectivity index is 1.50. The highest BCUT2D eigenvalue weighted by atomic mass is 32.2. The predicted molar refractivity (Wildman–Crippen MR) is 161 cm³/mol. The van der Waals surface area contributed by atoms with Crippen molar-refractivity contribution >= 4 is 33.8 Å². The third kappa shape index (κ3) is 7.41. The van der Waals surface area contributed by atoms with Crippen molar-refractivity contribution in [2.24, 2.45) is 5.10 Å². The normalized spacial score (nSPS) is 11.3. The van der Waals surface area contributed by atoms with E-state index < -0.39 is 28.4 Å². The maximum Gasteiger partial charge on any atom is 0.338 e. The number of aryl methyl sites for hydroxylation is 1. The van der Waals surface area contributed by atoms with E-state index in [1.165, 1.54) is 44.7 Å². The number of furan rings is 1. The van der Waals surface area contributed by atoms with Crippen molar-refractivity contribution in [1.29, 1.82) is 0 Å². The number of sulfonamides is 1. The van der Waals surface area contributed by atoms with E-state index in [1.807, 2.05) is 6.92 Å². The van der Waals surface area contributed by atoms with Gasteiger partial charge in [-0.15, -0.1) is 0 Å². The molecule has 12 heteroatoms. The van der Waals surface area contributed by atoms with Gasteiger partial charge in [0, 0.05) is 11.6 Å². The standard InChI is InChI=1S/C31H31N3O8S/c1-5-41-31(36)23-10-8-22(9-11-23)27-17-13-25(42-27)19-32-33-30(35)20-34(24-12-16-28(39-3)29(18-24)40-4)43(37,38)26-14-6-21(2)7-15-26/h6-19H,5,20H2,1-4H3,(H,33,35)/b32-19-. The number of nitrogens with zero attached hydrogens (tertiary/aromatic N) is 2. The summed E-state index contributed by atoms with van der Waals surface area (Å²) >= 11 is 0. The molecule has 1 heterocycles. The molecule has 0 aliphatic carbocycles. The van der Waals surface area contributed by atoms with Gasteiger partial charge in [-0.25, -0.2) is 18.6 Å².